The third kappa shape index (κ3) is 7.03. The first-order valence-corrected chi connectivity index (χ1v) is 13.3. The zero-order valence-electron chi connectivity index (χ0n) is 24.2. The Labute approximate surface area is 224 Å². The van der Waals surface area contributed by atoms with Crippen LogP contribution >= 0.6 is 0 Å². The van der Waals surface area contributed by atoms with Gasteiger partial charge >= 0.3 is 5.97 Å². The van der Waals surface area contributed by atoms with E-state index < -0.39 is 5.97 Å². The number of fused-ring (bicyclic) bond motifs is 1. The van der Waals surface area contributed by atoms with Gasteiger partial charge in [-0.05, 0) is 88.5 Å². The van der Waals surface area contributed by atoms with Crippen LogP contribution in [0.2, 0.25) is 0 Å². The fourth-order valence-corrected chi connectivity index (χ4v) is 4.96. The highest BCUT2D eigenvalue weighted by atomic mass is 16.5. The molecule has 2 aromatic rings. The summed E-state index contributed by atoms with van der Waals surface area (Å²) < 4.78 is 6.52. The van der Waals surface area contributed by atoms with Crippen LogP contribution in [-0.4, -0.2) is 11.1 Å². The summed E-state index contributed by atoms with van der Waals surface area (Å²) in [5.74, 6) is -0.0435. The Bertz CT molecular complexity index is 1230. The number of carboxylic acids is 1. The van der Waals surface area contributed by atoms with E-state index >= 15 is 0 Å². The average molecular weight is 501 g/mol. The lowest BCUT2D eigenvalue weighted by atomic mass is 9.62. The number of aliphatic carboxylic acids is 1. The monoisotopic (exact) mass is 500 g/mol. The Hall–Kier alpha value is -3.07. The fraction of sp³-hybridized carbons (Fsp3) is 0.441. The predicted octanol–water partition coefficient (Wildman–Crippen LogP) is 8.90. The molecule has 0 aliphatic heterocycles. The smallest absolute Gasteiger partial charge is 0.328 e. The van der Waals surface area contributed by atoms with E-state index in [0.29, 0.717) is 12.2 Å². The molecule has 1 aliphatic rings. The van der Waals surface area contributed by atoms with Crippen molar-refractivity contribution in [3.63, 3.8) is 0 Å². The fourth-order valence-electron chi connectivity index (χ4n) is 4.96. The summed E-state index contributed by atoms with van der Waals surface area (Å²) in [5.41, 5.74) is 8.38. The lowest BCUT2D eigenvalue weighted by Crippen LogP contribution is -2.34. The van der Waals surface area contributed by atoms with Crippen molar-refractivity contribution in [1.29, 1.82) is 0 Å². The van der Waals surface area contributed by atoms with Crippen LogP contribution in [0.1, 0.15) is 103 Å². The van der Waals surface area contributed by atoms with Gasteiger partial charge in [0.1, 0.15) is 12.4 Å². The molecule has 0 amide bonds. The summed E-state index contributed by atoms with van der Waals surface area (Å²) in [6.07, 6.45) is 9.27. The van der Waals surface area contributed by atoms with Crippen molar-refractivity contribution in [3.8, 4) is 5.75 Å². The van der Waals surface area contributed by atoms with Crippen LogP contribution in [0.3, 0.4) is 0 Å². The van der Waals surface area contributed by atoms with Gasteiger partial charge in [0.05, 0.1) is 0 Å². The van der Waals surface area contributed by atoms with Gasteiger partial charge in [0.25, 0.3) is 0 Å². The van der Waals surface area contributed by atoms with Crippen LogP contribution in [-0.2, 0) is 27.6 Å². The molecule has 0 spiro atoms. The molecule has 1 aliphatic carbocycles. The standard InChI is InChI=1S/C34H44O3/c1-23(19-31(35)36)11-10-12-24(2)27-20-28-29(34(8,9)18-17-33(28,6)7)21-30(27)37-22-25-13-15-26(16-14-25)32(3,4)5/h10-16,19-21H,17-18,22H2,1-9H3,(H,35,36)/b11-10+,23-19?,24-12-. The van der Waals surface area contributed by atoms with E-state index in [9.17, 15) is 4.79 Å². The summed E-state index contributed by atoms with van der Waals surface area (Å²) >= 11 is 0. The number of benzene rings is 2. The Balaban J connectivity index is 2.02. The molecule has 0 aromatic heterocycles. The van der Waals surface area contributed by atoms with Gasteiger partial charge in [-0.25, -0.2) is 4.79 Å². The van der Waals surface area contributed by atoms with Crippen molar-refractivity contribution in [2.75, 3.05) is 0 Å². The average Bonchev–Trinajstić information content (AvgIpc) is 2.79. The molecule has 37 heavy (non-hydrogen) atoms. The lowest BCUT2D eigenvalue weighted by Gasteiger charge is -2.42. The number of carboxylic acid groups (broad SMARTS) is 1. The maximum absolute atomic E-state index is 10.9. The molecule has 3 nitrogen and oxygen atoms in total. The SMILES string of the molecule is CC(=CC(=O)O)/C=C/C=C(/C)c1cc2c(cc1OCc1ccc(C(C)(C)C)cc1)C(C)(C)CCC2(C)C. The number of allylic oxidation sites excluding steroid dienone is 5. The number of hydrogen-bond acceptors (Lipinski definition) is 2. The largest absolute Gasteiger partial charge is 0.488 e. The van der Waals surface area contributed by atoms with Crippen molar-refractivity contribution >= 4 is 11.5 Å². The summed E-state index contributed by atoms with van der Waals surface area (Å²) in [7, 11) is 0. The number of carbonyl (C=O) groups is 1. The van der Waals surface area contributed by atoms with Crippen LogP contribution in [0, 0.1) is 0 Å². The van der Waals surface area contributed by atoms with E-state index in [1.165, 1.54) is 22.8 Å². The van der Waals surface area contributed by atoms with Gasteiger partial charge < -0.3 is 9.84 Å². The third-order valence-corrected chi connectivity index (χ3v) is 7.65. The minimum absolute atomic E-state index is 0.0894. The Kier molecular flexibility index (Phi) is 8.27. The second-order valence-electron chi connectivity index (χ2n) is 12.8. The second kappa shape index (κ2) is 10.7. The molecular weight excluding hydrogens is 456 g/mol. The number of hydrogen-bond donors (Lipinski definition) is 1. The maximum atomic E-state index is 10.9. The topological polar surface area (TPSA) is 46.5 Å². The van der Waals surface area contributed by atoms with E-state index in [-0.39, 0.29) is 16.2 Å². The second-order valence-corrected chi connectivity index (χ2v) is 12.8. The first-order valence-electron chi connectivity index (χ1n) is 13.3. The van der Waals surface area contributed by atoms with Gasteiger partial charge in [-0.1, -0.05) is 91.0 Å². The van der Waals surface area contributed by atoms with E-state index in [0.717, 1.165) is 35.3 Å². The van der Waals surface area contributed by atoms with E-state index in [2.05, 4.69) is 91.8 Å². The number of rotatable bonds is 7. The van der Waals surface area contributed by atoms with Crippen molar-refractivity contribution in [2.45, 2.75) is 98.0 Å². The highest BCUT2D eigenvalue weighted by Crippen LogP contribution is 2.48. The molecule has 198 valence electrons. The highest BCUT2D eigenvalue weighted by Gasteiger charge is 2.38. The third-order valence-electron chi connectivity index (χ3n) is 7.65. The van der Waals surface area contributed by atoms with E-state index in [1.54, 1.807) is 6.92 Å². The Morgan fingerprint density at radius 1 is 0.973 bits per heavy atom. The molecular formula is C34H44O3. The zero-order chi connectivity index (χ0) is 27.6. The summed E-state index contributed by atoms with van der Waals surface area (Å²) in [4.78, 5) is 10.9. The predicted molar refractivity (Wildman–Crippen MR) is 155 cm³/mol. The maximum Gasteiger partial charge on any atom is 0.328 e. The quantitative estimate of drug-likeness (QED) is 0.305. The summed E-state index contributed by atoms with van der Waals surface area (Å²) in [6.45, 7) is 20.4. The van der Waals surface area contributed by atoms with Gasteiger partial charge in [-0.2, -0.15) is 0 Å². The van der Waals surface area contributed by atoms with Gasteiger partial charge in [0, 0.05) is 11.6 Å². The molecule has 0 saturated heterocycles. The minimum Gasteiger partial charge on any atom is -0.488 e. The Morgan fingerprint density at radius 3 is 2.08 bits per heavy atom. The van der Waals surface area contributed by atoms with Crippen molar-refractivity contribution in [1.82, 2.24) is 0 Å². The van der Waals surface area contributed by atoms with Crippen LogP contribution in [0.5, 0.6) is 5.75 Å². The molecule has 3 rings (SSSR count). The van der Waals surface area contributed by atoms with Crippen molar-refractivity contribution in [2.24, 2.45) is 0 Å². The Morgan fingerprint density at radius 2 is 1.54 bits per heavy atom. The number of ether oxygens (including phenoxy) is 1. The molecule has 0 saturated carbocycles. The molecule has 0 heterocycles. The van der Waals surface area contributed by atoms with Gasteiger partial charge in [0.2, 0.25) is 0 Å². The van der Waals surface area contributed by atoms with Crippen LogP contribution < -0.4 is 4.74 Å². The van der Waals surface area contributed by atoms with Crippen LogP contribution in [0.15, 0.2) is 66.3 Å². The first kappa shape index (κ1) is 28.5. The van der Waals surface area contributed by atoms with Gasteiger partial charge in [-0.3, -0.25) is 0 Å². The van der Waals surface area contributed by atoms with Gasteiger partial charge in [0.15, 0.2) is 0 Å². The van der Waals surface area contributed by atoms with E-state index in [1.807, 2.05) is 18.2 Å². The normalized spacial score (nSPS) is 17.5. The lowest BCUT2D eigenvalue weighted by molar-refractivity contribution is -0.131. The molecule has 0 atom stereocenters. The van der Waals surface area contributed by atoms with Crippen LogP contribution in [0.4, 0.5) is 0 Å². The molecule has 0 radical (unpaired) electrons. The summed E-state index contributed by atoms with van der Waals surface area (Å²) in [6, 6.07) is 13.3. The molecule has 0 bridgehead atoms. The molecule has 2 aromatic carbocycles. The van der Waals surface area contributed by atoms with Gasteiger partial charge in [-0.15, -0.1) is 0 Å². The molecule has 0 fully saturated rings. The van der Waals surface area contributed by atoms with Crippen LogP contribution in [0.25, 0.3) is 5.57 Å². The van der Waals surface area contributed by atoms with Crippen molar-refractivity contribution < 1.29 is 14.6 Å². The van der Waals surface area contributed by atoms with E-state index in [4.69, 9.17) is 9.84 Å². The molecule has 1 N–H and O–H groups in total. The minimum atomic E-state index is -0.936. The first-order chi connectivity index (χ1) is 17.1. The highest BCUT2D eigenvalue weighted by molar-refractivity contribution is 5.81. The molecule has 3 heteroatoms. The zero-order valence-corrected chi connectivity index (χ0v) is 24.2. The van der Waals surface area contributed by atoms with Crippen molar-refractivity contribution in [3.05, 3.63) is 94.1 Å². The summed E-state index contributed by atoms with van der Waals surface area (Å²) in [5, 5.41) is 8.98. The molecule has 0 unspecified atom stereocenters.